The summed E-state index contributed by atoms with van der Waals surface area (Å²) < 4.78 is 0. The minimum atomic E-state index is 0.783. The molecule has 1 fully saturated rings. The predicted molar refractivity (Wildman–Crippen MR) is 57.5 cm³/mol. The van der Waals surface area contributed by atoms with E-state index in [1.165, 1.54) is 29.8 Å². The minimum absolute atomic E-state index is 0.783. The number of rotatable bonds is 3. The lowest BCUT2D eigenvalue weighted by molar-refractivity contribution is 1.12. The van der Waals surface area contributed by atoms with Gasteiger partial charge >= 0.3 is 0 Å². The van der Waals surface area contributed by atoms with Gasteiger partial charge in [-0.2, -0.15) is 0 Å². The summed E-state index contributed by atoms with van der Waals surface area (Å²) in [5.74, 6) is 0.783. The van der Waals surface area contributed by atoms with Crippen molar-refractivity contribution in [3.63, 3.8) is 0 Å². The van der Waals surface area contributed by atoms with Crippen LogP contribution in [0.2, 0.25) is 0 Å². The highest BCUT2D eigenvalue weighted by atomic mass is 14.9. The summed E-state index contributed by atoms with van der Waals surface area (Å²) >= 11 is 0. The summed E-state index contributed by atoms with van der Waals surface area (Å²) in [6.07, 6.45) is 2.68. The van der Waals surface area contributed by atoms with Crippen LogP contribution in [0.5, 0.6) is 0 Å². The van der Waals surface area contributed by atoms with Crippen molar-refractivity contribution in [3.05, 3.63) is 23.8 Å². The van der Waals surface area contributed by atoms with E-state index in [0.29, 0.717) is 0 Å². The summed E-state index contributed by atoms with van der Waals surface area (Å²) in [6, 6.07) is 6.38. The molecular weight excluding hydrogens is 160 g/mol. The lowest BCUT2D eigenvalue weighted by Gasteiger charge is -2.13. The van der Waals surface area contributed by atoms with Crippen LogP contribution in [0.25, 0.3) is 0 Å². The van der Waals surface area contributed by atoms with Gasteiger partial charge in [0.25, 0.3) is 0 Å². The lowest BCUT2D eigenvalue weighted by Crippen LogP contribution is -1.99. The SMILES string of the molecule is CNc1cccc(NC)c1C1CC1. The number of anilines is 2. The molecule has 2 rings (SSSR count). The topological polar surface area (TPSA) is 24.1 Å². The Labute approximate surface area is 79.4 Å². The molecule has 0 atom stereocenters. The molecule has 0 bridgehead atoms. The summed E-state index contributed by atoms with van der Waals surface area (Å²) in [5.41, 5.74) is 4.01. The van der Waals surface area contributed by atoms with E-state index in [2.05, 4.69) is 28.8 Å². The maximum absolute atomic E-state index is 3.25. The van der Waals surface area contributed by atoms with Crippen molar-refractivity contribution < 1.29 is 0 Å². The second-order valence-corrected chi connectivity index (χ2v) is 3.54. The molecule has 2 N–H and O–H groups in total. The maximum Gasteiger partial charge on any atom is 0.0393 e. The van der Waals surface area contributed by atoms with E-state index in [9.17, 15) is 0 Å². The second kappa shape index (κ2) is 3.29. The number of hydrogen-bond donors (Lipinski definition) is 2. The third-order valence-electron chi connectivity index (χ3n) is 2.63. The summed E-state index contributed by atoms with van der Waals surface area (Å²) in [4.78, 5) is 0. The standard InChI is InChI=1S/C11H16N2/c1-12-9-4-3-5-10(13-2)11(9)8-6-7-8/h3-5,8,12-13H,6-7H2,1-2H3. The normalized spacial score (nSPS) is 15.5. The van der Waals surface area contributed by atoms with E-state index in [4.69, 9.17) is 0 Å². The van der Waals surface area contributed by atoms with Gasteiger partial charge in [0.1, 0.15) is 0 Å². The van der Waals surface area contributed by atoms with Gasteiger partial charge in [0.05, 0.1) is 0 Å². The second-order valence-electron chi connectivity index (χ2n) is 3.54. The van der Waals surface area contributed by atoms with Crippen LogP contribution in [0.3, 0.4) is 0 Å². The molecule has 13 heavy (non-hydrogen) atoms. The summed E-state index contributed by atoms with van der Waals surface area (Å²) in [5, 5.41) is 6.50. The number of hydrogen-bond acceptors (Lipinski definition) is 2. The van der Waals surface area contributed by atoms with Gasteiger partial charge in [-0.3, -0.25) is 0 Å². The predicted octanol–water partition coefficient (Wildman–Crippen LogP) is 2.65. The first kappa shape index (κ1) is 8.42. The van der Waals surface area contributed by atoms with Crippen molar-refractivity contribution in [1.29, 1.82) is 0 Å². The lowest BCUT2D eigenvalue weighted by atomic mass is 10.1. The van der Waals surface area contributed by atoms with Crippen LogP contribution in [-0.2, 0) is 0 Å². The van der Waals surface area contributed by atoms with Crippen LogP contribution in [0, 0.1) is 0 Å². The molecule has 1 aromatic rings. The molecule has 2 nitrogen and oxygen atoms in total. The first-order valence-electron chi connectivity index (χ1n) is 4.85. The van der Waals surface area contributed by atoms with Crippen LogP contribution >= 0.6 is 0 Å². The monoisotopic (exact) mass is 176 g/mol. The van der Waals surface area contributed by atoms with E-state index in [-0.39, 0.29) is 0 Å². The Balaban J connectivity index is 2.44. The fourth-order valence-electron chi connectivity index (χ4n) is 1.81. The van der Waals surface area contributed by atoms with E-state index >= 15 is 0 Å². The van der Waals surface area contributed by atoms with Gasteiger partial charge in [-0.25, -0.2) is 0 Å². The third kappa shape index (κ3) is 1.48. The third-order valence-corrected chi connectivity index (χ3v) is 2.63. The molecule has 0 amide bonds. The van der Waals surface area contributed by atoms with Crippen LogP contribution < -0.4 is 10.6 Å². The largest absolute Gasteiger partial charge is 0.388 e. The number of nitrogens with one attached hydrogen (secondary N) is 2. The molecule has 0 unspecified atom stereocenters. The minimum Gasteiger partial charge on any atom is -0.388 e. The average Bonchev–Trinajstić information content (AvgIpc) is 3.00. The quantitative estimate of drug-likeness (QED) is 0.739. The zero-order valence-corrected chi connectivity index (χ0v) is 8.22. The van der Waals surface area contributed by atoms with Crippen LogP contribution in [-0.4, -0.2) is 14.1 Å². The van der Waals surface area contributed by atoms with E-state index in [1.807, 2.05) is 14.1 Å². The van der Waals surface area contributed by atoms with E-state index in [0.717, 1.165) is 5.92 Å². The Morgan fingerprint density at radius 3 is 2.00 bits per heavy atom. The highest BCUT2D eigenvalue weighted by Gasteiger charge is 2.28. The van der Waals surface area contributed by atoms with Gasteiger partial charge in [0, 0.05) is 31.0 Å². The molecule has 1 aliphatic carbocycles. The van der Waals surface area contributed by atoms with Crippen LogP contribution in [0.1, 0.15) is 24.3 Å². The van der Waals surface area contributed by atoms with Crippen LogP contribution in [0.15, 0.2) is 18.2 Å². The molecule has 0 aromatic heterocycles. The maximum atomic E-state index is 3.25. The zero-order valence-electron chi connectivity index (χ0n) is 8.22. The molecule has 1 saturated carbocycles. The van der Waals surface area contributed by atoms with Gasteiger partial charge in [-0.1, -0.05) is 6.07 Å². The molecule has 0 spiro atoms. The molecule has 1 aromatic carbocycles. The Morgan fingerprint density at radius 2 is 1.62 bits per heavy atom. The molecule has 0 heterocycles. The molecule has 1 aliphatic rings. The smallest absolute Gasteiger partial charge is 0.0393 e. The Hall–Kier alpha value is -1.18. The molecule has 0 saturated heterocycles. The highest BCUT2D eigenvalue weighted by molar-refractivity contribution is 5.67. The molecule has 0 aliphatic heterocycles. The first-order chi connectivity index (χ1) is 6.36. The van der Waals surface area contributed by atoms with Crippen molar-refractivity contribution in [2.24, 2.45) is 0 Å². The van der Waals surface area contributed by atoms with Gasteiger partial charge in [-0.05, 0) is 30.9 Å². The highest BCUT2D eigenvalue weighted by Crippen LogP contribution is 2.46. The van der Waals surface area contributed by atoms with Crippen molar-refractivity contribution >= 4 is 11.4 Å². The summed E-state index contributed by atoms with van der Waals surface area (Å²) in [6.45, 7) is 0. The fraction of sp³-hybridized carbons (Fsp3) is 0.455. The first-order valence-corrected chi connectivity index (χ1v) is 4.85. The van der Waals surface area contributed by atoms with Gasteiger partial charge in [0.15, 0.2) is 0 Å². The summed E-state index contributed by atoms with van der Waals surface area (Å²) in [7, 11) is 3.97. The van der Waals surface area contributed by atoms with Crippen molar-refractivity contribution in [2.45, 2.75) is 18.8 Å². The molecule has 70 valence electrons. The van der Waals surface area contributed by atoms with Gasteiger partial charge in [-0.15, -0.1) is 0 Å². The number of benzene rings is 1. The van der Waals surface area contributed by atoms with Crippen molar-refractivity contribution in [1.82, 2.24) is 0 Å². The van der Waals surface area contributed by atoms with Gasteiger partial charge in [0.2, 0.25) is 0 Å². The van der Waals surface area contributed by atoms with Crippen molar-refractivity contribution in [3.8, 4) is 0 Å². The van der Waals surface area contributed by atoms with Crippen LogP contribution in [0.4, 0.5) is 11.4 Å². The molecular formula is C11H16N2. The zero-order chi connectivity index (χ0) is 9.26. The van der Waals surface area contributed by atoms with Gasteiger partial charge < -0.3 is 10.6 Å². The Kier molecular flexibility index (Phi) is 2.13. The van der Waals surface area contributed by atoms with E-state index in [1.54, 1.807) is 0 Å². The average molecular weight is 176 g/mol. The molecule has 2 heteroatoms. The Bertz CT molecular complexity index is 281. The molecule has 0 radical (unpaired) electrons. The fourth-order valence-corrected chi connectivity index (χ4v) is 1.81. The van der Waals surface area contributed by atoms with E-state index < -0.39 is 0 Å². The Morgan fingerprint density at radius 1 is 1.08 bits per heavy atom. The van der Waals surface area contributed by atoms with Crippen molar-refractivity contribution in [2.75, 3.05) is 24.7 Å².